The number of hydrogen-bond acceptors (Lipinski definition) is 3. The van der Waals surface area contributed by atoms with Crippen molar-refractivity contribution in [1.82, 2.24) is 5.32 Å². The van der Waals surface area contributed by atoms with Gasteiger partial charge in [0.05, 0.1) is 6.42 Å². The van der Waals surface area contributed by atoms with Gasteiger partial charge in [-0.25, -0.2) is 4.79 Å². The van der Waals surface area contributed by atoms with Crippen LogP contribution in [-0.2, 0) is 9.59 Å². The summed E-state index contributed by atoms with van der Waals surface area (Å²) >= 11 is 3.20. The van der Waals surface area contributed by atoms with Gasteiger partial charge in [0.2, 0.25) is 5.91 Å². The van der Waals surface area contributed by atoms with Crippen molar-refractivity contribution in [1.29, 1.82) is 0 Å². The standard InChI is InChI=1S/C11H11BrN2O4/c12-7-3-1-2-6(4-7)10(16)14-8(11(17)18)5-9(13)15/h1-4,8H,5H2,(H2,13,15)(H,14,16)(H,17,18)/t8-/m1/s1. The van der Waals surface area contributed by atoms with Crippen LogP contribution in [0.25, 0.3) is 0 Å². The molecule has 0 fully saturated rings. The van der Waals surface area contributed by atoms with Gasteiger partial charge in [-0.3, -0.25) is 9.59 Å². The highest BCUT2D eigenvalue weighted by Gasteiger charge is 2.22. The summed E-state index contributed by atoms with van der Waals surface area (Å²) in [7, 11) is 0. The number of primary amides is 1. The molecule has 1 rings (SSSR count). The van der Waals surface area contributed by atoms with Crippen molar-refractivity contribution in [3.05, 3.63) is 34.3 Å². The molecule has 0 bridgehead atoms. The maximum Gasteiger partial charge on any atom is 0.326 e. The molecule has 96 valence electrons. The van der Waals surface area contributed by atoms with Crippen LogP contribution in [0.5, 0.6) is 0 Å². The molecule has 0 spiro atoms. The van der Waals surface area contributed by atoms with E-state index in [0.29, 0.717) is 10.0 Å². The van der Waals surface area contributed by atoms with E-state index in [9.17, 15) is 14.4 Å². The van der Waals surface area contributed by atoms with Gasteiger partial charge in [0.15, 0.2) is 0 Å². The maximum atomic E-state index is 11.7. The zero-order chi connectivity index (χ0) is 13.7. The van der Waals surface area contributed by atoms with Gasteiger partial charge in [-0.15, -0.1) is 0 Å². The first-order valence-corrected chi connectivity index (χ1v) is 5.77. The van der Waals surface area contributed by atoms with Crippen LogP contribution in [0.4, 0.5) is 0 Å². The van der Waals surface area contributed by atoms with E-state index >= 15 is 0 Å². The van der Waals surface area contributed by atoms with Crippen LogP contribution in [0.15, 0.2) is 28.7 Å². The molecule has 0 unspecified atom stereocenters. The number of carboxylic acids is 1. The first kappa shape index (κ1) is 14.2. The normalized spacial score (nSPS) is 11.6. The molecule has 1 aromatic carbocycles. The molecule has 0 aliphatic heterocycles. The van der Waals surface area contributed by atoms with Crippen molar-refractivity contribution in [2.45, 2.75) is 12.5 Å². The molecule has 1 aromatic rings. The lowest BCUT2D eigenvalue weighted by molar-refractivity contribution is -0.140. The van der Waals surface area contributed by atoms with Gasteiger partial charge in [0, 0.05) is 10.0 Å². The van der Waals surface area contributed by atoms with E-state index in [-0.39, 0.29) is 0 Å². The molecule has 0 saturated heterocycles. The monoisotopic (exact) mass is 314 g/mol. The van der Waals surface area contributed by atoms with Crippen LogP contribution in [0.3, 0.4) is 0 Å². The smallest absolute Gasteiger partial charge is 0.326 e. The van der Waals surface area contributed by atoms with E-state index in [1.54, 1.807) is 18.2 Å². The first-order chi connectivity index (χ1) is 8.40. The lowest BCUT2D eigenvalue weighted by Gasteiger charge is -2.12. The zero-order valence-electron chi connectivity index (χ0n) is 9.22. The third kappa shape index (κ3) is 4.17. The Hall–Kier alpha value is -1.89. The number of aliphatic carboxylic acids is 1. The molecule has 18 heavy (non-hydrogen) atoms. The highest BCUT2D eigenvalue weighted by atomic mass is 79.9. The summed E-state index contributed by atoms with van der Waals surface area (Å²) in [4.78, 5) is 33.3. The minimum atomic E-state index is -1.33. The van der Waals surface area contributed by atoms with Gasteiger partial charge in [-0.05, 0) is 18.2 Å². The van der Waals surface area contributed by atoms with Crippen molar-refractivity contribution < 1.29 is 19.5 Å². The second-order valence-corrected chi connectivity index (χ2v) is 4.46. The largest absolute Gasteiger partial charge is 0.480 e. The number of carboxylic acid groups (broad SMARTS) is 1. The Bertz CT molecular complexity index is 490. The van der Waals surface area contributed by atoms with E-state index in [0.717, 1.165) is 0 Å². The van der Waals surface area contributed by atoms with Crippen molar-refractivity contribution in [3.8, 4) is 0 Å². The number of carbonyl (C=O) groups excluding carboxylic acids is 2. The second kappa shape index (κ2) is 6.15. The van der Waals surface area contributed by atoms with Crippen LogP contribution in [-0.4, -0.2) is 28.9 Å². The molecule has 4 N–H and O–H groups in total. The lowest BCUT2D eigenvalue weighted by atomic mass is 10.1. The number of halogens is 1. The number of nitrogens with two attached hydrogens (primary N) is 1. The van der Waals surface area contributed by atoms with Crippen LogP contribution in [0.2, 0.25) is 0 Å². The van der Waals surface area contributed by atoms with Crippen LogP contribution >= 0.6 is 15.9 Å². The van der Waals surface area contributed by atoms with E-state index in [1.165, 1.54) is 6.07 Å². The van der Waals surface area contributed by atoms with Crippen molar-refractivity contribution in [3.63, 3.8) is 0 Å². The number of rotatable bonds is 5. The predicted molar refractivity (Wildman–Crippen MR) is 66.8 cm³/mol. The summed E-state index contributed by atoms with van der Waals surface area (Å²) in [5.74, 6) is -2.68. The van der Waals surface area contributed by atoms with Gasteiger partial charge in [-0.2, -0.15) is 0 Å². The fourth-order valence-electron chi connectivity index (χ4n) is 1.27. The van der Waals surface area contributed by atoms with Gasteiger partial charge in [-0.1, -0.05) is 22.0 Å². The SMILES string of the molecule is NC(=O)C[C@@H](NC(=O)c1cccc(Br)c1)C(=O)O. The van der Waals surface area contributed by atoms with Crippen LogP contribution in [0, 0.1) is 0 Å². The van der Waals surface area contributed by atoms with Crippen LogP contribution < -0.4 is 11.1 Å². The van der Waals surface area contributed by atoms with Gasteiger partial charge < -0.3 is 16.2 Å². The fourth-order valence-corrected chi connectivity index (χ4v) is 1.67. The Labute approximate surface area is 111 Å². The fraction of sp³-hybridized carbons (Fsp3) is 0.182. The summed E-state index contributed by atoms with van der Waals surface area (Å²) in [6.45, 7) is 0. The Morgan fingerprint density at radius 1 is 1.39 bits per heavy atom. The van der Waals surface area contributed by atoms with Gasteiger partial charge >= 0.3 is 5.97 Å². The molecule has 2 amide bonds. The third-order valence-electron chi connectivity index (χ3n) is 2.10. The Morgan fingerprint density at radius 3 is 2.56 bits per heavy atom. The van der Waals surface area contributed by atoms with Gasteiger partial charge in [0.25, 0.3) is 5.91 Å². The Balaban J connectivity index is 2.78. The summed E-state index contributed by atoms with van der Waals surface area (Å²) in [6, 6.07) is 5.12. The molecular weight excluding hydrogens is 304 g/mol. The highest BCUT2D eigenvalue weighted by molar-refractivity contribution is 9.10. The Kier molecular flexibility index (Phi) is 4.85. The molecule has 0 aliphatic rings. The predicted octanol–water partition coefficient (Wildman–Crippen LogP) is 0.507. The highest BCUT2D eigenvalue weighted by Crippen LogP contribution is 2.11. The number of benzene rings is 1. The second-order valence-electron chi connectivity index (χ2n) is 3.55. The molecule has 0 saturated carbocycles. The first-order valence-electron chi connectivity index (χ1n) is 4.97. The Morgan fingerprint density at radius 2 is 2.06 bits per heavy atom. The number of hydrogen-bond donors (Lipinski definition) is 3. The maximum absolute atomic E-state index is 11.7. The quantitative estimate of drug-likeness (QED) is 0.735. The van der Waals surface area contributed by atoms with E-state index in [4.69, 9.17) is 10.8 Å². The lowest BCUT2D eigenvalue weighted by Crippen LogP contribution is -2.43. The number of nitrogens with one attached hydrogen (secondary N) is 1. The number of amides is 2. The molecule has 1 atom stereocenters. The minimum absolute atomic E-state index is 0.292. The molecule has 0 radical (unpaired) electrons. The minimum Gasteiger partial charge on any atom is -0.480 e. The summed E-state index contributed by atoms with van der Waals surface area (Å²) in [5, 5.41) is 11.1. The third-order valence-corrected chi connectivity index (χ3v) is 2.59. The molecule has 0 aliphatic carbocycles. The average molecular weight is 315 g/mol. The molecule has 6 nitrogen and oxygen atoms in total. The summed E-state index contributed by atoms with van der Waals surface area (Å²) in [6.07, 6.45) is -0.449. The number of carbonyl (C=O) groups is 3. The van der Waals surface area contributed by atoms with Crippen LogP contribution in [0.1, 0.15) is 16.8 Å². The van der Waals surface area contributed by atoms with E-state index in [2.05, 4.69) is 21.2 Å². The molecule has 7 heteroatoms. The molecular formula is C11H11BrN2O4. The van der Waals surface area contributed by atoms with E-state index in [1.807, 2.05) is 0 Å². The van der Waals surface area contributed by atoms with Gasteiger partial charge in [0.1, 0.15) is 6.04 Å². The summed E-state index contributed by atoms with van der Waals surface area (Å²) in [5.41, 5.74) is 5.20. The molecule has 0 heterocycles. The van der Waals surface area contributed by atoms with Crippen molar-refractivity contribution in [2.24, 2.45) is 5.73 Å². The van der Waals surface area contributed by atoms with E-state index < -0.39 is 30.2 Å². The zero-order valence-corrected chi connectivity index (χ0v) is 10.8. The average Bonchev–Trinajstić information content (AvgIpc) is 2.27. The summed E-state index contributed by atoms with van der Waals surface area (Å²) < 4.78 is 0.692. The van der Waals surface area contributed by atoms with Crippen molar-refractivity contribution >= 4 is 33.7 Å². The topological polar surface area (TPSA) is 109 Å². The molecule has 0 aromatic heterocycles. The van der Waals surface area contributed by atoms with Crippen molar-refractivity contribution in [2.75, 3.05) is 0 Å².